The molecule has 3 unspecified atom stereocenters. The summed E-state index contributed by atoms with van der Waals surface area (Å²) in [6.45, 7) is 7.91. The summed E-state index contributed by atoms with van der Waals surface area (Å²) < 4.78 is 0. The van der Waals surface area contributed by atoms with Crippen LogP contribution in [0, 0.1) is 5.41 Å². The molecule has 3 atom stereocenters. The van der Waals surface area contributed by atoms with Crippen LogP contribution in [0.5, 0.6) is 0 Å². The maximum atomic E-state index is 12.1. The van der Waals surface area contributed by atoms with Crippen LogP contribution >= 0.6 is 0 Å². The highest BCUT2D eigenvalue weighted by Gasteiger charge is 2.46. The van der Waals surface area contributed by atoms with Crippen molar-refractivity contribution in [2.75, 3.05) is 0 Å². The number of carbonyl (C=O) groups is 4. The second-order valence-electron chi connectivity index (χ2n) is 6.31. The predicted octanol–water partition coefficient (Wildman–Crippen LogP) is -0.110. The highest BCUT2D eigenvalue weighted by molar-refractivity contribution is 5.96. The van der Waals surface area contributed by atoms with Gasteiger partial charge in [-0.2, -0.15) is 0 Å². The molecule has 1 aliphatic carbocycles. The molecule has 1 saturated carbocycles. The Kier molecular flexibility index (Phi) is 5.68. The third-order valence-electron chi connectivity index (χ3n) is 3.91. The zero-order valence-corrected chi connectivity index (χ0v) is 13.8. The van der Waals surface area contributed by atoms with Crippen molar-refractivity contribution in [3.63, 3.8) is 0 Å². The van der Waals surface area contributed by atoms with Crippen molar-refractivity contribution < 1.29 is 19.2 Å². The van der Waals surface area contributed by atoms with Crippen LogP contribution in [0.2, 0.25) is 0 Å². The molecule has 0 aromatic rings. The molecule has 0 aliphatic heterocycles. The number of carbonyl (C=O) groups excluding carboxylic acids is 4. The Morgan fingerprint density at radius 2 is 1.23 bits per heavy atom. The van der Waals surface area contributed by atoms with Gasteiger partial charge >= 0.3 is 0 Å². The standard InChI is InChI=1S/C15H25N3O4/c1-8(12(20)15(5)6-7-15)17-14(22)10(3)18-13(21)9(2)16-11(4)19/h8-10H,6-7H2,1-5H3,(H,16,19)(H,17,22)(H,18,21). The van der Waals surface area contributed by atoms with E-state index in [9.17, 15) is 19.2 Å². The predicted molar refractivity (Wildman–Crippen MR) is 80.8 cm³/mol. The van der Waals surface area contributed by atoms with E-state index in [0.717, 1.165) is 12.8 Å². The molecule has 1 aliphatic rings. The van der Waals surface area contributed by atoms with Crippen molar-refractivity contribution in [2.45, 2.75) is 65.6 Å². The molecular weight excluding hydrogens is 286 g/mol. The van der Waals surface area contributed by atoms with Crippen LogP contribution < -0.4 is 16.0 Å². The van der Waals surface area contributed by atoms with Crippen LogP contribution in [0.4, 0.5) is 0 Å². The van der Waals surface area contributed by atoms with Crippen LogP contribution in [-0.4, -0.2) is 41.6 Å². The smallest absolute Gasteiger partial charge is 0.242 e. The Morgan fingerprint density at radius 3 is 1.64 bits per heavy atom. The lowest BCUT2D eigenvalue weighted by Gasteiger charge is -2.21. The molecule has 124 valence electrons. The number of amides is 3. The van der Waals surface area contributed by atoms with Gasteiger partial charge in [0, 0.05) is 12.3 Å². The third kappa shape index (κ3) is 4.82. The first-order chi connectivity index (χ1) is 10.1. The Morgan fingerprint density at radius 1 is 0.818 bits per heavy atom. The zero-order valence-electron chi connectivity index (χ0n) is 13.8. The molecule has 0 heterocycles. The van der Waals surface area contributed by atoms with Crippen molar-refractivity contribution >= 4 is 23.5 Å². The van der Waals surface area contributed by atoms with Gasteiger partial charge in [0.15, 0.2) is 5.78 Å². The lowest BCUT2D eigenvalue weighted by molar-refractivity contribution is -0.133. The molecule has 0 bridgehead atoms. The SMILES string of the molecule is CC(=O)NC(C)C(=O)NC(C)C(=O)NC(C)C(=O)C1(C)CC1. The highest BCUT2D eigenvalue weighted by atomic mass is 16.2. The summed E-state index contributed by atoms with van der Waals surface area (Å²) in [6.07, 6.45) is 1.71. The molecule has 3 amide bonds. The number of rotatable bonds is 7. The number of Topliss-reactive ketones (excluding diaryl/α,β-unsaturated/α-hetero) is 1. The lowest BCUT2D eigenvalue weighted by Crippen LogP contribution is -2.53. The van der Waals surface area contributed by atoms with E-state index >= 15 is 0 Å². The second-order valence-corrected chi connectivity index (χ2v) is 6.31. The van der Waals surface area contributed by atoms with Gasteiger partial charge in [-0.05, 0) is 33.6 Å². The van der Waals surface area contributed by atoms with E-state index in [1.54, 1.807) is 6.92 Å². The van der Waals surface area contributed by atoms with E-state index < -0.39 is 29.9 Å². The summed E-state index contributed by atoms with van der Waals surface area (Å²) in [6, 6.07) is -2.09. The van der Waals surface area contributed by atoms with Crippen molar-refractivity contribution in [2.24, 2.45) is 5.41 Å². The summed E-state index contributed by atoms with van der Waals surface area (Å²) in [5.74, 6) is -1.18. The molecule has 1 rings (SSSR count). The Hall–Kier alpha value is -1.92. The minimum atomic E-state index is -0.786. The summed E-state index contributed by atoms with van der Waals surface area (Å²) in [4.78, 5) is 46.8. The number of nitrogens with one attached hydrogen (secondary N) is 3. The molecule has 7 heteroatoms. The van der Waals surface area contributed by atoms with Gasteiger partial charge in [0.1, 0.15) is 12.1 Å². The Bertz CT molecular complexity index is 485. The van der Waals surface area contributed by atoms with E-state index in [1.165, 1.54) is 20.8 Å². The summed E-state index contributed by atoms with van der Waals surface area (Å²) in [7, 11) is 0. The number of hydrogen-bond acceptors (Lipinski definition) is 4. The highest BCUT2D eigenvalue weighted by Crippen LogP contribution is 2.46. The topological polar surface area (TPSA) is 104 Å². The van der Waals surface area contributed by atoms with Crippen molar-refractivity contribution in [1.29, 1.82) is 0 Å². The molecule has 0 aromatic heterocycles. The minimum Gasteiger partial charge on any atom is -0.345 e. The summed E-state index contributed by atoms with van der Waals surface area (Å²) in [5, 5.41) is 7.56. The molecule has 1 fully saturated rings. The van der Waals surface area contributed by atoms with Crippen LogP contribution in [0.3, 0.4) is 0 Å². The molecule has 0 spiro atoms. The average Bonchev–Trinajstić information content (AvgIpc) is 3.15. The van der Waals surface area contributed by atoms with Gasteiger partial charge < -0.3 is 16.0 Å². The Labute approximate surface area is 130 Å². The first kappa shape index (κ1) is 18.1. The fourth-order valence-corrected chi connectivity index (χ4v) is 2.13. The normalized spacial score (nSPS) is 19.3. The number of hydrogen-bond donors (Lipinski definition) is 3. The fourth-order valence-electron chi connectivity index (χ4n) is 2.13. The van der Waals surface area contributed by atoms with E-state index in [2.05, 4.69) is 16.0 Å². The molecule has 0 aromatic carbocycles. The first-order valence-electron chi connectivity index (χ1n) is 7.49. The van der Waals surface area contributed by atoms with Gasteiger partial charge in [-0.25, -0.2) is 0 Å². The molecule has 0 saturated heterocycles. The van der Waals surface area contributed by atoms with Gasteiger partial charge in [-0.15, -0.1) is 0 Å². The summed E-state index contributed by atoms with van der Waals surface area (Å²) >= 11 is 0. The van der Waals surface area contributed by atoms with Gasteiger partial charge in [-0.1, -0.05) is 6.92 Å². The molecule has 3 N–H and O–H groups in total. The first-order valence-corrected chi connectivity index (χ1v) is 7.49. The van der Waals surface area contributed by atoms with E-state index in [1.807, 2.05) is 6.92 Å². The average molecular weight is 311 g/mol. The van der Waals surface area contributed by atoms with E-state index in [4.69, 9.17) is 0 Å². The van der Waals surface area contributed by atoms with Crippen LogP contribution in [0.1, 0.15) is 47.5 Å². The Balaban J connectivity index is 2.46. The quantitative estimate of drug-likeness (QED) is 0.610. The monoisotopic (exact) mass is 311 g/mol. The zero-order chi connectivity index (χ0) is 17.1. The van der Waals surface area contributed by atoms with E-state index in [0.29, 0.717) is 0 Å². The van der Waals surface area contributed by atoms with Crippen LogP contribution in [0.25, 0.3) is 0 Å². The van der Waals surface area contributed by atoms with Crippen LogP contribution in [-0.2, 0) is 19.2 Å². The van der Waals surface area contributed by atoms with Gasteiger partial charge in [0.05, 0.1) is 6.04 Å². The van der Waals surface area contributed by atoms with Gasteiger partial charge in [-0.3, -0.25) is 19.2 Å². The number of ketones is 1. The van der Waals surface area contributed by atoms with Gasteiger partial charge in [0.25, 0.3) is 0 Å². The second kappa shape index (κ2) is 6.89. The van der Waals surface area contributed by atoms with Crippen molar-refractivity contribution in [1.82, 2.24) is 16.0 Å². The van der Waals surface area contributed by atoms with Gasteiger partial charge in [0.2, 0.25) is 17.7 Å². The molecule has 0 radical (unpaired) electrons. The fraction of sp³-hybridized carbons (Fsp3) is 0.733. The third-order valence-corrected chi connectivity index (χ3v) is 3.91. The molecule has 7 nitrogen and oxygen atoms in total. The maximum Gasteiger partial charge on any atom is 0.242 e. The minimum absolute atomic E-state index is 0.0194. The van der Waals surface area contributed by atoms with E-state index in [-0.39, 0.29) is 17.1 Å². The largest absolute Gasteiger partial charge is 0.345 e. The lowest BCUT2D eigenvalue weighted by atomic mass is 9.98. The van der Waals surface area contributed by atoms with Crippen molar-refractivity contribution in [3.05, 3.63) is 0 Å². The van der Waals surface area contributed by atoms with Crippen molar-refractivity contribution in [3.8, 4) is 0 Å². The summed E-state index contributed by atoms with van der Waals surface area (Å²) in [5.41, 5.74) is -0.306. The molecule has 22 heavy (non-hydrogen) atoms. The van der Waals surface area contributed by atoms with Crippen LogP contribution in [0.15, 0.2) is 0 Å². The molecular formula is C15H25N3O4. The maximum absolute atomic E-state index is 12.1.